The van der Waals surface area contributed by atoms with Gasteiger partial charge in [-0.05, 0) is 0 Å². The molecule has 0 aliphatic rings. The Morgan fingerprint density at radius 1 is 0.759 bits per heavy atom. The van der Waals surface area contributed by atoms with E-state index in [0.29, 0.717) is 13.0 Å². The number of methoxy groups -OCH3 is 1. The van der Waals surface area contributed by atoms with Gasteiger partial charge in [-0.2, -0.15) is 0 Å². The second-order valence-corrected chi connectivity index (χ2v) is 21.3. The van der Waals surface area contributed by atoms with Crippen molar-refractivity contribution in [2.75, 3.05) is 13.7 Å². The second kappa shape index (κ2) is 19.4. The molecule has 0 aliphatic heterocycles. The molecule has 0 aromatic rings. The van der Waals surface area contributed by atoms with Gasteiger partial charge in [0.05, 0.1) is 7.11 Å². The van der Waals surface area contributed by atoms with Crippen molar-refractivity contribution in [2.24, 2.45) is 0 Å². The van der Waals surface area contributed by atoms with E-state index in [2.05, 4.69) is 29.6 Å². The molecule has 0 radical (unpaired) electrons. The Morgan fingerprint density at radius 2 is 1.28 bits per heavy atom. The van der Waals surface area contributed by atoms with Crippen LogP contribution in [0.3, 0.4) is 0 Å². The van der Waals surface area contributed by atoms with Gasteiger partial charge in [-0.3, -0.25) is 4.79 Å². The summed E-state index contributed by atoms with van der Waals surface area (Å²) in [7, 11) is 1.43. The zero-order chi connectivity index (χ0) is 21.8. The average Bonchev–Trinajstić information content (AvgIpc) is 2.74. The molecular formula is C24H46O4Sn. The molecule has 5 heteroatoms. The van der Waals surface area contributed by atoms with E-state index in [4.69, 9.17) is 4.74 Å². The number of hydrogen-bond donors (Lipinski definition) is 0. The van der Waals surface area contributed by atoms with Crippen molar-refractivity contribution in [2.45, 2.75) is 111 Å². The summed E-state index contributed by atoms with van der Waals surface area (Å²) >= 11 is -2.38. The molecule has 0 heterocycles. The van der Waals surface area contributed by atoms with E-state index in [1.54, 1.807) is 6.08 Å². The topological polar surface area (TPSA) is 52.6 Å². The van der Waals surface area contributed by atoms with Gasteiger partial charge in [0.25, 0.3) is 0 Å². The first-order valence-electron chi connectivity index (χ1n) is 12.0. The van der Waals surface area contributed by atoms with Gasteiger partial charge < -0.3 is 4.74 Å². The van der Waals surface area contributed by atoms with E-state index >= 15 is 0 Å². The van der Waals surface area contributed by atoms with Crippen LogP contribution in [0.25, 0.3) is 0 Å². The van der Waals surface area contributed by atoms with Crippen LogP contribution in [0, 0.1) is 0 Å². The third-order valence-corrected chi connectivity index (χ3v) is 19.7. The number of esters is 2. The molecule has 0 aromatic heterocycles. The molecule has 0 rings (SSSR count). The van der Waals surface area contributed by atoms with Crippen molar-refractivity contribution in [3.63, 3.8) is 0 Å². The van der Waals surface area contributed by atoms with Gasteiger partial charge in [0.15, 0.2) is 0 Å². The second-order valence-electron chi connectivity index (χ2n) is 8.27. The maximum atomic E-state index is 12.2. The number of ether oxygens (including phenoxy) is 2. The Hall–Kier alpha value is -0.521. The molecule has 0 saturated carbocycles. The SMILES string of the molecule is CCC[CH2][Sn](/[CH]=C/C(=O)OCCCCCCCC(=O)OC)([CH2]CCC)[CH2]CCC. The van der Waals surface area contributed by atoms with E-state index in [9.17, 15) is 9.59 Å². The van der Waals surface area contributed by atoms with Gasteiger partial charge in [0.2, 0.25) is 0 Å². The Kier molecular flexibility index (Phi) is 19.1. The van der Waals surface area contributed by atoms with Crippen molar-refractivity contribution < 1.29 is 19.1 Å². The van der Waals surface area contributed by atoms with E-state index in [1.165, 1.54) is 58.9 Å². The summed E-state index contributed by atoms with van der Waals surface area (Å²) in [5.74, 6) is -0.287. The first-order chi connectivity index (χ1) is 14.0. The first kappa shape index (κ1) is 28.5. The summed E-state index contributed by atoms with van der Waals surface area (Å²) in [6.07, 6.45) is 14.8. The Balaban J connectivity index is 4.31. The molecule has 0 saturated heterocycles. The van der Waals surface area contributed by atoms with Crippen LogP contribution in [0.2, 0.25) is 13.3 Å². The minimum atomic E-state index is -2.38. The first-order valence-corrected chi connectivity index (χ1v) is 19.7. The normalized spacial score (nSPS) is 11.7. The van der Waals surface area contributed by atoms with Crippen LogP contribution in [0.5, 0.6) is 0 Å². The predicted molar refractivity (Wildman–Crippen MR) is 125 cm³/mol. The molecule has 0 bridgehead atoms. The van der Waals surface area contributed by atoms with Gasteiger partial charge >= 0.3 is 168 Å². The Morgan fingerprint density at radius 3 is 1.79 bits per heavy atom. The molecule has 0 atom stereocenters. The molecule has 0 aromatic carbocycles. The van der Waals surface area contributed by atoms with Crippen LogP contribution in [0.1, 0.15) is 97.8 Å². The average molecular weight is 517 g/mol. The summed E-state index contributed by atoms with van der Waals surface area (Å²) in [5, 5.41) is 0. The number of carbonyl (C=O) groups excluding carboxylic acids is 2. The molecule has 4 nitrogen and oxygen atoms in total. The van der Waals surface area contributed by atoms with Crippen LogP contribution >= 0.6 is 0 Å². The summed E-state index contributed by atoms with van der Waals surface area (Å²) in [5.41, 5.74) is 0. The van der Waals surface area contributed by atoms with Crippen LogP contribution in [-0.4, -0.2) is 44.0 Å². The fourth-order valence-electron chi connectivity index (χ4n) is 3.68. The van der Waals surface area contributed by atoms with Crippen molar-refractivity contribution in [3.05, 3.63) is 10.2 Å². The maximum absolute atomic E-state index is 12.2. The monoisotopic (exact) mass is 518 g/mol. The van der Waals surface area contributed by atoms with E-state index in [0.717, 1.165) is 32.1 Å². The zero-order valence-electron chi connectivity index (χ0n) is 19.6. The summed E-state index contributed by atoms with van der Waals surface area (Å²) in [6.45, 7) is 7.30. The Labute approximate surface area is 184 Å². The van der Waals surface area contributed by atoms with Gasteiger partial charge in [-0.25, -0.2) is 0 Å². The number of carbonyl (C=O) groups is 2. The third-order valence-electron chi connectivity index (χ3n) is 5.65. The van der Waals surface area contributed by atoms with Crippen molar-refractivity contribution in [1.82, 2.24) is 0 Å². The quantitative estimate of drug-likeness (QED) is 0.0803. The fourth-order valence-corrected chi connectivity index (χ4v) is 17.7. The van der Waals surface area contributed by atoms with E-state index < -0.39 is 18.4 Å². The zero-order valence-corrected chi connectivity index (χ0v) is 22.5. The molecule has 0 N–H and O–H groups in total. The summed E-state index contributed by atoms with van der Waals surface area (Å²) in [6, 6.07) is 0. The molecule has 0 amide bonds. The predicted octanol–water partition coefficient (Wildman–Crippen LogP) is 6.99. The molecular weight excluding hydrogens is 471 g/mol. The molecule has 0 spiro atoms. The third kappa shape index (κ3) is 15.9. The molecule has 0 unspecified atom stereocenters. The van der Waals surface area contributed by atoms with Gasteiger partial charge in [0, 0.05) is 0 Å². The molecule has 29 heavy (non-hydrogen) atoms. The minimum absolute atomic E-state index is 0.135. The van der Waals surface area contributed by atoms with Gasteiger partial charge in [-0.1, -0.05) is 0 Å². The fraction of sp³-hybridized carbons (Fsp3) is 0.833. The van der Waals surface area contributed by atoms with Crippen molar-refractivity contribution >= 4 is 30.3 Å². The van der Waals surface area contributed by atoms with E-state index in [1.807, 2.05) is 0 Å². The van der Waals surface area contributed by atoms with Gasteiger partial charge in [0.1, 0.15) is 0 Å². The van der Waals surface area contributed by atoms with Crippen molar-refractivity contribution in [3.8, 4) is 0 Å². The summed E-state index contributed by atoms with van der Waals surface area (Å²) < 4.78 is 16.6. The number of hydrogen-bond acceptors (Lipinski definition) is 4. The van der Waals surface area contributed by atoms with Crippen molar-refractivity contribution in [1.29, 1.82) is 0 Å². The molecule has 170 valence electrons. The van der Waals surface area contributed by atoms with Crippen LogP contribution in [-0.2, 0) is 19.1 Å². The molecule has 0 fully saturated rings. The number of rotatable bonds is 19. The van der Waals surface area contributed by atoms with Crippen LogP contribution in [0.4, 0.5) is 0 Å². The van der Waals surface area contributed by atoms with Crippen LogP contribution < -0.4 is 0 Å². The Bertz CT molecular complexity index is 426. The molecule has 0 aliphatic carbocycles. The van der Waals surface area contributed by atoms with E-state index in [-0.39, 0.29) is 11.9 Å². The van der Waals surface area contributed by atoms with Crippen LogP contribution in [0.15, 0.2) is 10.2 Å². The summed E-state index contributed by atoms with van der Waals surface area (Å²) in [4.78, 5) is 23.3. The number of unbranched alkanes of at least 4 members (excludes halogenated alkanes) is 7. The standard InChI is InChI=1S/C12H19O4.3C4H9.Sn/c1-3-11(13)16-10-8-6-4-5-7-9-12(14)15-2;3*1-3-4-2;/h1,3H,4-10H2,2H3;3*1,3-4H2,2H3;. The van der Waals surface area contributed by atoms with Gasteiger partial charge in [-0.15, -0.1) is 0 Å².